The number of Topliss-reactive ketones (excluding diaryl/α,β-unsaturated/α-hetero) is 2. The third-order valence-corrected chi connectivity index (χ3v) is 15.2. The highest BCUT2D eigenvalue weighted by Gasteiger charge is 2.33. The lowest BCUT2D eigenvalue weighted by molar-refractivity contribution is -0.143. The van der Waals surface area contributed by atoms with Crippen LogP contribution in [0.1, 0.15) is 86.7 Å². The highest BCUT2D eigenvalue weighted by atomic mass is 32.2. The van der Waals surface area contributed by atoms with Gasteiger partial charge in [0, 0.05) is 34.0 Å². The van der Waals surface area contributed by atoms with Gasteiger partial charge in [-0.25, -0.2) is 0 Å². The lowest BCUT2D eigenvalue weighted by atomic mass is 9.99. The molecule has 2 aliphatic rings. The van der Waals surface area contributed by atoms with E-state index >= 15 is 0 Å². The number of nitrogens with two attached hydrogens (primary N) is 2. The quantitative estimate of drug-likeness (QED) is 0.0298. The van der Waals surface area contributed by atoms with Crippen molar-refractivity contribution in [3.05, 3.63) is 0 Å². The summed E-state index contributed by atoms with van der Waals surface area (Å²) in [4.78, 5) is 89.8. The standard InChI is InChI=1S/C19H34N3O5PS2.C10H21N2O3P.C8H12O4S2/c1-13(23)10-29-15-6-7-16(15)30-11-17(24)21-8-4-3-5-14(20-2)19(26)22-9-18(25)27-12-28;11-6-2-1-3-8(12)9(13)4-5-10(14)15-7-16;9-7(10)3-13-5-1-2-6(5)14-4-8(11)12/h14-16,20H,3-12,28H2,1-2H3,(H,21,24)(H,22,26);8H,1-7,11-12,16H2;5-6H,1-4H2,(H,9,10)(H,11,12)/t14-,15?,16?;8-;/m00./s1/i12T;7T;/t12?,14-,15?,16?;7?,8-;. The van der Waals surface area contributed by atoms with Gasteiger partial charge < -0.3 is 47.1 Å². The average Bonchev–Trinajstić information content (AvgIpc) is 3.16. The number of ketones is 2. The zero-order valence-electron chi connectivity index (χ0n) is 36.5. The maximum atomic E-state index is 12.1. The second-order valence-electron chi connectivity index (χ2n) is 13.6. The van der Waals surface area contributed by atoms with Gasteiger partial charge in [-0.05, 0) is 78.3 Å². The van der Waals surface area contributed by atoms with Crippen molar-refractivity contribution in [3.63, 3.8) is 0 Å². The van der Waals surface area contributed by atoms with Crippen LogP contribution in [-0.2, 0) is 47.8 Å². The van der Waals surface area contributed by atoms with Gasteiger partial charge in [0.1, 0.15) is 30.8 Å². The molecule has 346 valence electrons. The van der Waals surface area contributed by atoms with Crippen molar-refractivity contribution in [2.45, 2.75) is 117 Å². The first kappa shape index (κ1) is 54.4. The highest BCUT2D eigenvalue weighted by molar-refractivity contribution is 8.05. The van der Waals surface area contributed by atoms with Crippen LogP contribution in [0.5, 0.6) is 0 Å². The lowest BCUT2D eigenvalue weighted by Crippen LogP contribution is -2.44. The predicted octanol–water partition coefficient (Wildman–Crippen LogP) is 2.26. The molecular weight excluding hydrogens is 897 g/mol. The number of rotatable bonds is 31. The zero-order valence-corrected chi connectivity index (χ0v) is 40.0. The Morgan fingerprint density at radius 3 is 1.70 bits per heavy atom. The van der Waals surface area contributed by atoms with E-state index in [4.69, 9.17) is 24.4 Å². The Kier molecular flexibility index (Phi) is 33.3. The largest absolute Gasteiger partial charge is 0.481 e. The molecule has 0 spiro atoms. The van der Waals surface area contributed by atoms with Gasteiger partial charge in [-0.15, -0.1) is 47.0 Å². The van der Waals surface area contributed by atoms with Gasteiger partial charge in [0.25, 0.3) is 0 Å². The number of unbranched alkanes of at least 4 members (excludes halogenated alkanes) is 2. The summed E-state index contributed by atoms with van der Waals surface area (Å²) in [6.07, 6.45) is 6.57. The Bertz CT molecular complexity index is 1380. The van der Waals surface area contributed by atoms with Crippen molar-refractivity contribution < 1.29 is 60.8 Å². The van der Waals surface area contributed by atoms with Crippen LogP contribution in [0.3, 0.4) is 0 Å². The van der Waals surface area contributed by atoms with Crippen LogP contribution in [0.2, 0.25) is 0 Å². The SMILES string of the molecule is O=C(O)CSC1CCC1SCC(=O)O.[3H]C(P)OC(=O)CCC(=O)[C@@H](N)CCCCN.[3H]C(P)OC(=O)CNC(=O)[C@H](CCCCNC(=O)CSC1CCC1SCC(C)=O)NC. The summed E-state index contributed by atoms with van der Waals surface area (Å²) < 4.78 is 23.3. The molecule has 0 radical (unpaired) electrons. The van der Waals surface area contributed by atoms with Crippen LogP contribution >= 0.6 is 65.5 Å². The molecular formula is C37H67N5O12P2S4. The summed E-state index contributed by atoms with van der Waals surface area (Å²) in [5.41, 5.74) is 11.0. The molecule has 9 N–H and O–H groups in total. The minimum Gasteiger partial charge on any atom is -0.481 e. The van der Waals surface area contributed by atoms with Gasteiger partial charge >= 0.3 is 23.9 Å². The van der Waals surface area contributed by atoms with Gasteiger partial charge in [0.05, 0.1) is 44.3 Å². The fourth-order valence-electron chi connectivity index (χ4n) is 5.18. The second-order valence-corrected chi connectivity index (χ2v) is 19.0. The molecule has 23 heteroatoms. The lowest BCUT2D eigenvalue weighted by Gasteiger charge is -2.35. The summed E-state index contributed by atoms with van der Waals surface area (Å²) >= 11 is 6.19. The van der Waals surface area contributed by atoms with Crippen molar-refractivity contribution in [1.82, 2.24) is 16.0 Å². The van der Waals surface area contributed by atoms with E-state index in [0.29, 0.717) is 58.4 Å². The molecule has 2 fully saturated rings. The van der Waals surface area contributed by atoms with Crippen LogP contribution in [0, 0.1) is 0 Å². The number of hydrogen-bond acceptors (Lipinski definition) is 17. The summed E-state index contributed by atoms with van der Waals surface area (Å²) in [5, 5.41) is 26.8. The molecule has 2 saturated carbocycles. The number of amides is 2. The third-order valence-electron chi connectivity index (χ3n) is 8.74. The molecule has 8 unspecified atom stereocenters. The van der Waals surface area contributed by atoms with Crippen molar-refractivity contribution in [1.29, 1.82) is 0 Å². The van der Waals surface area contributed by atoms with Crippen molar-refractivity contribution in [3.8, 4) is 0 Å². The number of esters is 2. The molecule has 0 saturated heterocycles. The Hall–Kier alpha value is -1.70. The van der Waals surface area contributed by atoms with Crippen LogP contribution in [0.15, 0.2) is 0 Å². The zero-order chi connectivity index (χ0) is 47.0. The number of thioether (sulfide) groups is 4. The van der Waals surface area contributed by atoms with E-state index < -0.39 is 48.6 Å². The number of carboxylic acid groups (broad SMARTS) is 2. The number of nitrogens with one attached hydrogen (secondary N) is 3. The first-order valence-electron chi connectivity index (χ1n) is 20.8. The topological polar surface area (TPSA) is 284 Å². The average molecular weight is 968 g/mol. The van der Waals surface area contributed by atoms with E-state index in [9.17, 15) is 38.4 Å². The van der Waals surface area contributed by atoms with Crippen LogP contribution < -0.4 is 27.4 Å². The molecule has 0 aromatic rings. The Morgan fingerprint density at radius 1 is 0.733 bits per heavy atom. The molecule has 10 atom stereocenters. The summed E-state index contributed by atoms with van der Waals surface area (Å²) in [6, 6.07) is -0.970. The first-order chi connectivity index (χ1) is 29.3. The summed E-state index contributed by atoms with van der Waals surface area (Å²) in [5.74, 6) is -1.86. The molecule has 0 bridgehead atoms. The number of carboxylic acids is 2. The number of aliphatic carboxylic acids is 2. The van der Waals surface area contributed by atoms with E-state index in [2.05, 4.69) is 25.4 Å². The van der Waals surface area contributed by atoms with Crippen molar-refractivity contribution >= 4 is 113 Å². The fourth-order valence-corrected chi connectivity index (χ4v) is 10.7. The first-order valence-corrected chi connectivity index (χ1v) is 25.2. The highest BCUT2D eigenvalue weighted by Crippen LogP contribution is 2.40. The minimum atomic E-state index is -1.04. The number of ether oxygens (including phenoxy) is 2. The van der Waals surface area contributed by atoms with Gasteiger partial charge in [-0.2, -0.15) is 0 Å². The van der Waals surface area contributed by atoms with E-state index in [-0.39, 0.29) is 54.3 Å². The van der Waals surface area contributed by atoms with Crippen LogP contribution in [-0.4, -0.2) is 153 Å². The van der Waals surface area contributed by atoms with E-state index in [1.165, 1.54) is 23.5 Å². The number of carbonyl (C=O) groups excluding carboxylic acids is 6. The van der Waals surface area contributed by atoms with Crippen molar-refractivity contribution in [2.24, 2.45) is 11.5 Å². The van der Waals surface area contributed by atoms with E-state index in [0.717, 1.165) is 51.4 Å². The third kappa shape index (κ3) is 30.4. The summed E-state index contributed by atoms with van der Waals surface area (Å²) in [7, 11) is 5.72. The fraction of sp³-hybridized carbons (Fsp3) is 0.784. The Morgan fingerprint density at radius 2 is 1.23 bits per heavy atom. The molecule has 2 amide bonds. The molecule has 0 heterocycles. The van der Waals surface area contributed by atoms with Gasteiger partial charge in [0.15, 0.2) is 0 Å². The Labute approximate surface area is 378 Å². The van der Waals surface area contributed by atoms with Crippen LogP contribution in [0.25, 0.3) is 0 Å². The Balaban J connectivity index is 0.00000100. The predicted molar refractivity (Wildman–Crippen MR) is 249 cm³/mol. The maximum Gasteiger partial charge on any atom is 0.325 e. The van der Waals surface area contributed by atoms with E-state index in [1.807, 2.05) is 18.5 Å². The minimum absolute atomic E-state index is 0.00965. The molecule has 0 aromatic heterocycles. The van der Waals surface area contributed by atoms with Crippen LogP contribution in [0.4, 0.5) is 0 Å². The molecule has 17 nitrogen and oxygen atoms in total. The van der Waals surface area contributed by atoms with E-state index in [1.54, 1.807) is 37.5 Å². The summed E-state index contributed by atoms with van der Waals surface area (Å²) in [6.45, 7) is 2.47. The molecule has 60 heavy (non-hydrogen) atoms. The van der Waals surface area contributed by atoms with Gasteiger partial charge in [-0.3, -0.25) is 38.4 Å². The molecule has 2 aliphatic carbocycles. The molecule has 0 aliphatic heterocycles. The number of likely N-dealkylation sites (N-methyl/N-ethyl adjacent to an activating group) is 1. The van der Waals surface area contributed by atoms with Gasteiger partial charge in [-0.1, -0.05) is 24.9 Å². The molecule has 0 aromatic carbocycles. The maximum absolute atomic E-state index is 12.1. The monoisotopic (exact) mass is 967 g/mol. The van der Waals surface area contributed by atoms with Gasteiger partial charge in [0.2, 0.25) is 11.8 Å². The number of carbonyl (C=O) groups is 8. The smallest absolute Gasteiger partial charge is 0.325 e. The second kappa shape index (κ2) is 36.8. The normalized spacial score (nSPS) is 20.1. The number of hydrogen-bond donors (Lipinski definition) is 7. The molecule has 2 rings (SSSR count). The van der Waals surface area contributed by atoms with Crippen molar-refractivity contribution in [2.75, 3.05) is 62.3 Å².